The van der Waals surface area contributed by atoms with Gasteiger partial charge in [0.2, 0.25) is 0 Å². The Kier molecular flexibility index (Phi) is 4.03. The smallest absolute Gasteiger partial charge is 0.102 e. The van der Waals surface area contributed by atoms with E-state index in [0.29, 0.717) is 11.1 Å². The van der Waals surface area contributed by atoms with Gasteiger partial charge in [-0.1, -0.05) is 24.3 Å². The Balaban J connectivity index is 2.29. The molecule has 3 nitrogen and oxygen atoms in total. The minimum absolute atomic E-state index is 0.0252. The summed E-state index contributed by atoms with van der Waals surface area (Å²) in [5, 5.41) is 21.5. The normalized spacial score (nSPS) is 11.2. The molecule has 0 radical (unpaired) electrons. The van der Waals surface area contributed by atoms with Crippen molar-refractivity contribution >= 4 is 5.69 Å². The largest absolute Gasteiger partial charge is 0.377 e. The lowest BCUT2D eigenvalue weighted by Crippen LogP contribution is -2.08. The molecule has 0 spiro atoms. The summed E-state index contributed by atoms with van der Waals surface area (Å²) in [6, 6.07) is 17.6. The van der Waals surface area contributed by atoms with E-state index in [0.717, 1.165) is 16.8 Å². The molecule has 0 aliphatic heterocycles. The second-order valence-corrected chi connectivity index (χ2v) is 4.71. The topological polar surface area (TPSA) is 59.6 Å². The molecular formula is C17H15N3. The van der Waals surface area contributed by atoms with Gasteiger partial charge in [0.1, 0.15) is 6.07 Å². The van der Waals surface area contributed by atoms with Crippen molar-refractivity contribution in [2.24, 2.45) is 0 Å². The van der Waals surface area contributed by atoms with Crippen LogP contribution in [-0.2, 0) is 0 Å². The van der Waals surface area contributed by atoms with Gasteiger partial charge in [-0.2, -0.15) is 10.5 Å². The summed E-state index contributed by atoms with van der Waals surface area (Å²) < 4.78 is 0. The fourth-order valence-corrected chi connectivity index (χ4v) is 2.13. The van der Waals surface area contributed by atoms with Crippen molar-refractivity contribution in [1.29, 1.82) is 10.5 Å². The molecule has 0 amide bonds. The number of anilines is 1. The van der Waals surface area contributed by atoms with E-state index in [4.69, 9.17) is 5.26 Å². The monoisotopic (exact) mass is 261 g/mol. The molecule has 0 saturated heterocycles. The summed E-state index contributed by atoms with van der Waals surface area (Å²) in [5.41, 5.74) is 4.10. The summed E-state index contributed by atoms with van der Waals surface area (Å²) in [6.45, 7) is 3.94. The highest BCUT2D eigenvalue weighted by atomic mass is 14.9. The molecule has 98 valence electrons. The van der Waals surface area contributed by atoms with Crippen LogP contribution in [0.15, 0.2) is 42.5 Å². The lowest BCUT2D eigenvalue weighted by molar-refractivity contribution is 0.883. The Bertz CT molecular complexity index is 705. The zero-order valence-corrected chi connectivity index (χ0v) is 11.5. The lowest BCUT2D eigenvalue weighted by Gasteiger charge is -2.17. The summed E-state index contributed by atoms with van der Waals surface area (Å²) in [7, 11) is 0. The summed E-state index contributed by atoms with van der Waals surface area (Å²) in [5.74, 6) is 0. The molecule has 0 bridgehead atoms. The molecular weight excluding hydrogens is 246 g/mol. The minimum atomic E-state index is 0.0252. The molecule has 3 heteroatoms. The Morgan fingerprint density at radius 2 is 1.80 bits per heavy atom. The predicted octanol–water partition coefficient (Wildman–Crippen LogP) is 3.91. The first-order valence-corrected chi connectivity index (χ1v) is 6.42. The number of nitriles is 2. The second kappa shape index (κ2) is 5.91. The highest BCUT2D eigenvalue weighted by Gasteiger charge is 2.10. The third kappa shape index (κ3) is 2.79. The van der Waals surface area contributed by atoms with E-state index in [1.165, 1.54) is 0 Å². The standard InChI is InChI=1S/C17H15N3/c1-12-5-3-8-17(16(12)11-19)20-13(2)15-7-4-6-14(9-15)10-18/h3-9,13,20H,1-2H3. The average Bonchev–Trinajstić information content (AvgIpc) is 2.47. The summed E-state index contributed by atoms with van der Waals surface area (Å²) in [4.78, 5) is 0. The Morgan fingerprint density at radius 3 is 2.50 bits per heavy atom. The van der Waals surface area contributed by atoms with Crippen LogP contribution >= 0.6 is 0 Å². The molecule has 0 saturated carbocycles. The van der Waals surface area contributed by atoms with Gasteiger partial charge in [-0.25, -0.2) is 0 Å². The molecule has 0 aliphatic carbocycles. The van der Waals surface area contributed by atoms with E-state index in [-0.39, 0.29) is 6.04 Å². The molecule has 0 fully saturated rings. The first-order chi connectivity index (χ1) is 9.65. The third-order valence-corrected chi connectivity index (χ3v) is 3.27. The number of rotatable bonds is 3. The quantitative estimate of drug-likeness (QED) is 0.911. The van der Waals surface area contributed by atoms with Crippen molar-refractivity contribution in [3.8, 4) is 12.1 Å². The SMILES string of the molecule is Cc1cccc(NC(C)c2cccc(C#N)c2)c1C#N. The molecule has 1 unspecified atom stereocenters. The van der Waals surface area contributed by atoms with Gasteiger partial charge in [0.25, 0.3) is 0 Å². The maximum Gasteiger partial charge on any atom is 0.102 e. The van der Waals surface area contributed by atoms with Crippen molar-refractivity contribution in [1.82, 2.24) is 0 Å². The second-order valence-electron chi connectivity index (χ2n) is 4.71. The van der Waals surface area contributed by atoms with Gasteiger partial charge in [0.15, 0.2) is 0 Å². The first-order valence-electron chi connectivity index (χ1n) is 6.42. The van der Waals surface area contributed by atoms with Gasteiger partial charge in [0.05, 0.1) is 22.9 Å². The van der Waals surface area contributed by atoms with Crippen LogP contribution in [0, 0.1) is 29.6 Å². The van der Waals surface area contributed by atoms with Gasteiger partial charge in [-0.15, -0.1) is 0 Å². The van der Waals surface area contributed by atoms with Crippen LogP contribution in [0.4, 0.5) is 5.69 Å². The van der Waals surface area contributed by atoms with Crippen LogP contribution in [-0.4, -0.2) is 0 Å². The summed E-state index contributed by atoms with van der Waals surface area (Å²) >= 11 is 0. The van der Waals surface area contributed by atoms with Crippen molar-refractivity contribution in [3.05, 3.63) is 64.7 Å². The maximum absolute atomic E-state index is 9.23. The fourth-order valence-electron chi connectivity index (χ4n) is 2.13. The zero-order chi connectivity index (χ0) is 14.5. The molecule has 2 aromatic carbocycles. The van der Waals surface area contributed by atoms with Gasteiger partial charge in [0, 0.05) is 6.04 Å². The van der Waals surface area contributed by atoms with Crippen LogP contribution in [0.1, 0.15) is 35.2 Å². The highest BCUT2D eigenvalue weighted by Crippen LogP contribution is 2.24. The minimum Gasteiger partial charge on any atom is -0.377 e. The first kappa shape index (κ1) is 13.6. The van der Waals surface area contributed by atoms with Gasteiger partial charge in [-0.05, 0) is 43.2 Å². The Morgan fingerprint density at radius 1 is 1.05 bits per heavy atom. The van der Waals surface area contributed by atoms with Crippen LogP contribution in [0.3, 0.4) is 0 Å². The lowest BCUT2D eigenvalue weighted by atomic mass is 10.0. The van der Waals surface area contributed by atoms with Crippen molar-refractivity contribution < 1.29 is 0 Å². The van der Waals surface area contributed by atoms with Crippen molar-refractivity contribution in [2.45, 2.75) is 19.9 Å². The molecule has 0 heterocycles. The van der Waals surface area contributed by atoms with Gasteiger partial charge >= 0.3 is 0 Å². The number of hydrogen-bond donors (Lipinski definition) is 1. The number of benzene rings is 2. The summed E-state index contributed by atoms with van der Waals surface area (Å²) in [6.07, 6.45) is 0. The van der Waals surface area contributed by atoms with Crippen LogP contribution in [0.25, 0.3) is 0 Å². The van der Waals surface area contributed by atoms with Crippen molar-refractivity contribution in [3.63, 3.8) is 0 Å². The van der Waals surface area contributed by atoms with Crippen molar-refractivity contribution in [2.75, 3.05) is 5.32 Å². The number of hydrogen-bond acceptors (Lipinski definition) is 3. The molecule has 0 aromatic heterocycles. The molecule has 20 heavy (non-hydrogen) atoms. The molecule has 1 atom stereocenters. The molecule has 0 aliphatic rings. The van der Waals surface area contributed by atoms with Crippen LogP contribution < -0.4 is 5.32 Å². The predicted molar refractivity (Wildman–Crippen MR) is 79.1 cm³/mol. The number of aryl methyl sites for hydroxylation is 1. The fraction of sp³-hybridized carbons (Fsp3) is 0.176. The van der Waals surface area contributed by atoms with Gasteiger partial charge in [-0.3, -0.25) is 0 Å². The van der Waals surface area contributed by atoms with E-state index in [1.54, 1.807) is 6.07 Å². The van der Waals surface area contributed by atoms with E-state index < -0.39 is 0 Å². The molecule has 1 N–H and O–H groups in total. The number of nitrogens with zero attached hydrogens (tertiary/aromatic N) is 2. The van der Waals surface area contributed by atoms with Crippen LogP contribution in [0.5, 0.6) is 0 Å². The van der Waals surface area contributed by atoms with Crippen LogP contribution in [0.2, 0.25) is 0 Å². The third-order valence-electron chi connectivity index (χ3n) is 3.27. The van der Waals surface area contributed by atoms with E-state index in [1.807, 2.05) is 50.2 Å². The highest BCUT2D eigenvalue weighted by molar-refractivity contribution is 5.61. The zero-order valence-electron chi connectivity index (χ0n) is 11.5. The van der Waals surface area contributed by atoms with E-state index in [9.17, 15) is 5.26 Å². The number of nitrogens with one attached hydrogen (secondary N) is 1. The average molecular weight is 261 g/mol. The van der Waals surface area contributed by atoms with E-state index >= 15 is 0 Å². The van der Waals surface area contributed by atoms with Gasteiger partial charge < -0.3 is 5.32 Å². The van der Waals surface area contributed by atoms with E-state index in [2.05, 4.69) is 17.5 Å². The maximum atomic E-state index is 9.23. The Labute approximate surface area is 119 Å². The molecule has 2 aromatic rings. The Hall–Kier alpha value is -2.78. The molecule has 2 rings (SSSR count).